The topological polar surface area (TPSA) is 20.2 Å². The summed E-state index contributed by atoms with van der Waals surface area (Å²) < 4.78 is 0. The lowest BCUT2D eigenvalue weighted by Gasteiger charge is -2.38. The van der Waals surface area contributed by atoms with E-state index in [0.29, 0.717) is 5.75 Å². The highest BCUT2D eigenvalue weighted by Gasteiger charge is 2.49. The molecular formula is C60H48O. The highest BCUT2D eigenvalue weighted by Crippen LogP contribution is 2.62. The van der Waals surface area contributed by atoms with Gasteiger partial charge in [0.05, 0.1) is 5.41 Å². The van der Waals surface area contributed by atoms with E-state index >= 15 is 0 Å². The molecule has 0 bridgehead atoms. The molecule has 61 heavy (non-hydrogen) atoms. The monoisotopic (exact) mass is 784 g/mol. The minimum atomic E-state index is -0.552. The van der Waals surface area contributed by atoms with E-state index in [9.17, 15) is 5.11 Å². The first kappa shape index (κ1) is 37.1. The van der Waals surface area contributed by atoms with Gasteiger partial charge >= 0.3 is 0 Å². The summed E-state index contributed by atoms with van der Waals surface area (Å²) in [6, 6.07) is 69.1. The average molecular weight is 785 g/mol. The molecule has 8 aromatic carbocycles. The summed E-state index contributed by atoms with van der Waals surface area (Å²) in [7, 11) is 0. The Hall–Kier alpha value is -6.96. The zero-order valence-electron chi connectivity index (χ0n) is 34.8. The standard InChI is InChI=1S/C60H48O/c1-59(2)53-28-16-14-26-49(53)50-35-34-44(39-55(50)59)52(38-43-20-12-13-25-47(43)40-18-6-3-7-19-40)42-32-30-41(31-33-42)48-36-37-56(61)57-51-27-15-17-29-54(51)60(58(48)57,45-21-8-4-9-22-45)46-23-10-5-11-24-46/h3-10,12-23,25-37,39,52,61H,11,24,38H2,1-2H3. The highest BCUT2D eigenvalue weighted by molar-refractivity contribution is 5.95. The smallest absolute Gasteiger partial charge is 0.123 e. The lowest BCUT2D eigenvalue weighted by Crippen LogP contribution is -2.30. The van der Waals surface area contributed by atoms with E-state index in [4.69, 9.17) is 0 Å². The van der Waals surface area contributed by atoms with Crippen LogP contribution in [0.2, 0.25) is 0 Å². The van der Waals surface area contributed by atoms with Gasteiger partial charge in [0.15, 0.2) is 0 Å². The molecule has 294 valence electrons. The van der Waals surface area contributed by atoms with Crippen LogP contribution in [0.15, 0.2) is 212 Å². The first-order valence-corrected chi connectivity index (χ1v) is 21.8. The molecule has 0 aromatic heterocycles. The first-order valence-electron chi connectivity index (χ1n) is 21.8. The number of benzene rings is 8. The van der Waals surface area contributed by atoms with Crippen molar-refractivity contribution >= 4 is 0 Å². The van der Waals surface area contributed by atoms with Gasteiger partial charge in [-0.05, 0) is 109 Å². The third kappa shape index (κ3) is 5.82. The quantitative estimate of drug-likeness (QED) is 0.163. The molecule has 1 nitrogen and oxygen atoms in total. The van der Waals surface area contributed by atoms with Crippen LogP contribution in [-0.4, -0.2) is 5.11 Å². The van der Waals surface area contributed by atoms with Crippen molar-refractivity contribution in [3.63, 3.8) is 0 Å². The van der Waals surface area contributed by atoms with E-state index < -0.39 is 5.41 Å². The molecule has 3 aliphatic rings. The van der Waals surface area contributed by atoms with E-state index in [0.717, 1.165) is 41.5 Å². The van der Waals surface area contributed by atoms with E-state index in [1.807, 2.05) is 6.07 Å². The van der Waals surface area contributed by atoms with Gasteiger partial charge < -0.3 is 5.11 Å². The van der Waals surface area contributed by atoms with Gasteiger partial charge in [-0.3, -0.25) is 0 Å². The Balaban J connectivity index is 1.08. The summed E-state index contributed by atoms with van der Waals surface area (Å²) in [5.41, 5.74) is 20.6. The van der Waals surface area contributed by atoms with Crippen molar-refractivity contribution in [1.82, 2.24) is 0 Å². The normalized spacial score (nSPS) is 17.2. The molecule has 0 aliphatic heterocycles. The van der Waals surface area contributed by atoms with E-state index in [1.165, 1.54) is 72.3 Å². The molecule has 2 unspecified atom stereocenters. The third-order valence-electron chi connectivity index (χ3n) is 14.0. The molecule has 1 N–H and O–H groups in total. The summed E-state index contributed by atoms with van der Waals surface area (Å²) in [5.74, 6) is 0.438. The molecule has 0 saturated heterocycles. The minimum Gasteiger partial charge on any atom is -0.507 e. The fourth-order valence-corrected chi connectivity index (χ4v) is 11.2. The first-order chi connectivity index (χ1) is 29.9. The minimum absolute atomic E-state index is 0.0933. The average Bonchev–Trinajstić information content (AvgIpc) is 3.76. The summed E-state index contributed by atoms with van der Waals surface area (Å²) in [6.45, 7) is 4.75. The van der Waals surface area contributed by atoms with Crippen molar-refractivity contribution in [2.75, 3.05) is 0 Å². The van der Waals surface area contributed by atoms with Gasteiger partial charge in [0.2, 0.25) is 0 Å². The molecule has 11 rings (SSSR count). The Kier molecular flexibility index (Phi) is 8.90. The number of fused-ring (bicyclic) bond motifs is 6. The van der Waals surface area contributed by atoms with Crippen LogP contribution in [0.5, 0.6) is 5.75 Å². The molecule has 2 atom stereocenters. The molecule has 0 fully saturated rings. The highest BCUT2D eigenvalue weighted by atomic mass is 16.3. The van der Waals surface area contributed by atoms with Crippen molar-refractivity contribution < 1.29 is 5.11 Å². The number of phenolic OH excluding ortho intramolecular Hbond substituents is 1. The number of aromatic hydroxyl groups is 1. The predicted octanol–water partition coefficient (Wildman–Crippen LogP) is 15.0. The van der Waals surface area contributed by atoms with Crippen LogP contribution in [0.4, 0.5) is 0 Å². The molecule has 0 spiro atoms. The van der Waals surface area contributed by atoms with Crippen molar-refractivity contribution in [3.8, 4) is 50.3 Å². The van der Waals surface area contributed by atoms with E-state index in [2.05, 4.69) is 214 Å². The van der Waals surface area contributed by atoms with Gasteiger partial charge in [-0.25, -0.2) is 0 Å². The van der Waals surface area contributed by atoms with Gasteiger partial charge in [-0.1, -0.05) is 220 Å². The van der Waals surface area contributed by atoms with Gasteiger partial charge in [0.1, 0.15) is 5.75 Å². The Morgan fingerprint density at radius 3 is 1.89 bits per heavy atom. The molecule has 8 aromatic rings. The molecule has 0 heterocycles. The molecular weight excluding hydrogens is 737 g/mol. The Morgan fingerprint density at radius 1 is 0.525 bits per heavy atom. The Morgan fingerprint density at radius 2 is 1.13 bits per heavy atom. The lowest BCUT2D eigenvalue weighted by molar-refractivity contribution is 0.476. The van der Waals surface area contributed by atoms with Gasteiger partial charge in [-0.2, -0.15) is 0 Å². The maximum Gasteiger partial charge on any atom is 0.123 e. The number of rotatable bonds is 8. The summed E-state index contributed by atoms with van der Waals surface area (Å²) in [4.78, 5) is 0. The molecule has 0 amide bonds. The summed E-state index contributed by atoms with van der Waals surface area (Å²) in [6.07, 6.45) is 9.61. The van der Waals surface area contributed by atoms with Gasteiger partial charge in [0, 0.05) is 16.9 Å². The predicted molar refractivity (Wildman–Crippen MR) is 253 cm³/mol. The second kappa shape index (κ2) is 14.6. The van der Waals surface area contributed by atoms with Crippen LogP contribution in [-0.2, 0) is 17.3 Å². The van der Waals surface area contributed by atoms with Crippen LogP contribution in [0.25, 0.3) is 44.5 Å². The van der Waals surface area contributed by atoms with Crippen LogP contribution >= 0.6 is 0 Å². The van der Waals surface area contributed by atoms with Crippen LogP contribution < -0.4 is 0 Å². The molecule has 1 heteroatoms. The SMILES string of the molecule is CC1(C)c2ccccc2-c2ccc(C(Cc3ccccc3-c3ccccc3)c3ccc(-c4ccc(O)c5c4C(C4=CC=CCC4)(c4ccccc4)c4ccccc4-5)cc3)cc21. The number of phenols is 1. The fourth-order valence-electron chi connectivity index (χ4n) is 11.2. The van der Waals surface area contributed by atoms with Gasteiger partial charge in [0.25, 0.3) is 0 Å². The molecule has 0 radical (unpaired) electrons. The van der Waals surface area contributed by atoms with Gasteiger partial charge in [-0.15, -0.1) is 0 Å². The van der Waals surface area contributed by atoms with Crippen molar-refractivity contribution in [2.45, 2.75) is 49.9 Å². The Labute approximate surface area is 360 Å². The number of hydrogen-bond donors (Lipinski definition) is 1. The second-order valence-corrected chi connectivity index (χ2v) is 17.6. The third-order valence-corrected chi connectivity index (χ3v) is 14.0. The second-order valence-electron chi connectivity index (χ2n) is 17.6. The Bertz CT molecular complexity index is 3020. The summed E-state index contributed by atoms with van der Waals surface area (Å²) >= 11 is 0. The van der Waals surface area contributed by atoms with E-state index in [1.54, 1.807) is 0 Å². The zero-order valence-corrected chi connectivity index (χ0v) is 34.8. The summed E-state index contributed by atoms with van der Waals surface area (Å²) in [5, 5.41) is 11.8. The maximum absolute atomic E-state index is 11.8. The number of hydrogen-bond acceptors (Lipinski definition) is 1. The van der Waals surface area contributed by atoms with Crippen molar-refractivity contribution in [1.29, 1.82) is 0 Å². The maximum atomic E-state index is 11.8. The van der Waals surface area contributed by atoms with Crippen LogP contribution in [0.3, 0.4) is 0 Å². The van der Waals surface area contributed by atoms with Crippen molar-refractivity contribution in [2.24, 2.45) is 0 Å². The van der Waals surface area contributed by atoms with Crippen LogP contribution in [0.1, 0.15) is 77.1 Å². The van der Waals surface area contributed by atoms with Crippen molar-refractivity contribution in [3.05, 3.63) is 256 Å². The molecule has 0 saturated carbocycles. The zero-order chi connectivity index (χ0) is 41.1. The lowest BCUT2D eigenvalue weighted by atomic mass is 9.64. The number of allylic oxidation sites excluding steroid dienone is 4. The fraction of sp³-hybridized carbons (Fsp3) is 0.133. The molecule has 3 aliphatic carbocycles. The van der Waals surface area contributed by atoms with E-state index in [-0.39, 0.29) is 11.3 Å². The van der Waals surface area contributed by atoms with Crippen LogP contribution in [0, 0.1) is 0 Å². The largest absolute Gasteiger partial charge is 0.507 e.